The van der Waals surface area contributed by atoms with Gasteiger partial charge in [0.25, 0.3) is 0 Å². The van der Waals surface area contributed by atoms with Gasteiger partial charge in [0.05, 0.1) is 34.4 Å². The second kappa shape index (κ2) is 19.5. The number of carbonyl (C=O) groups excluding carboxylic acids is 2. The summed E-state index contributed by atoms with van der Waals surface area (Å²) in [6.45, 7) is 8.49. The van der Waals surface area contributed by atoms with Crippen molar-refractivity contribution in [1.82, 2.24) is 20.1 Å². The van der Waals surface area contributed by atoms with Gasteiger partial charge in [-0.2, -0.15) is 0 Å². The number of thiazole rings is 1. The van der Waals surface area contributed by atoms with E-state index in [9.17, 15) is 19.5 Å². The number of aromatic nitrogens is 1. The number of H-pyrrole nitrogens is 1. The van der Waals surface area contributed by atoms with Gasteiger partial charge in [-0.05, 0) is 54.8 Å². The van der Waals surface area contributed by atoms with E-state index in [0.717, 1.165) is 41.1 Å². The summed E-state index contributed by atoms with van der Waals surface area (Å²) in [5.74, 6) is -0.444. The lowest BCUT2D eigenvalue weighted by Crippen LogP contribution is -2.40. The minimum Gasteiger partial charge on any atom is -0.506 e. The molecule has 0 aliphatic heterocycles. The van der Waals surface area contributed by atoms with Crippen LogP contribution >= 0.6 is 34.5 Å². The summed E-state index contributed by atoms with van der Waals surface area (Å²) in [5, 5.41) is 14.2. The first kappa shape index (κ1) is 38.2. The molecule has 0 spiro atoms. The van der Waals surface area contributed by atoms with E-state index >= 15 is 0 Å². The van der Waals surface area contributed by atoms with E-state index in [1.165, 1.54) is 6.07 Å². The van der Waals surface area contributed by atoms with Crippen LogP contribution in [0.4, 0.5) is 4.79 Å². The molecule has 4 aromatic rings. The lowest BCUT2D eigenvalue weighted by Gasteiger charge is -2.28. The summed E-state index contributed by atoms with van der Waals surface area (Å²) in [4.78, 5) is 45.1. The van der Waals surface area contributed by atoms with Crippen molar-refractivity contribution in [2.45, 2.75) is 45.6 Å². The molecule has 0 saturated carbocycles. The van der Waals surface area contributed by atoms with Crippen LogP contribution in [0.5, 0.6) is 5.75 Å². The van der Waals surface area contributed by atoms with Crippen molar-refractivity contribution in [2.75, 3.05) is 52.5 Å². The number of amides is 2. The molecule has 3 N–H and O–H groups in total. The van der Waals surface area contributed by atoms with E-state index in [0.29, 0.717) is 65.9 Å². The molecule has 13 heteroatoms. The number of rotatable bonds is 19. The average molecular weight is 732 g/mol. The summed E-state index contributed by atoms with van der Waals surface area (Å²) >= 11 is 13.4. The molecule has 10 nitrogen and oxygen atoms in total. The lowest BCUT2D eigenvalue weighted by molar-refractivity contribution is -0.132. The first-order chi connectivity index (χ1) is 23.7. The SMILES string of the molecule is CCN(CC)CCN(CCC(COC(=O)NCc1ccccc1)c1ccc(O)c2[nH]c(=O)sc12)C(=O)CCOCCc1cccc(Cl)c1Cl. The van der Waals surface area contributed by atoms with Gasteiger partial charge >= 0.3 is 11.0 Å². The number of likely N-dealkylation sites (N-methyl/N-ethyl adjacent to an activating group) is 1. The van der Waals surface area contributed by atoms with E-state index < -0.39 is 6.09 Å². The fourth-order valence-corrected chi connectivity index (χ4v) is 6.87. The molecule has 49 heavy (non-hydrogen) atoms. The number of nitrogens with one attached hydrogen (secondary N) is 2. The molecule has 4 rings (SSSR count). The highest BCUT2D eigenvalue weighted by atomic mass is 35.5. The van der Waals surface area contributed by atoms with Crippen molar-refractivity contribution >= 4 is 56.8 Å². The van der Waals surface area contributed by atoms with Gasteiger partial charge in [0.2, 0.25) is 5.91 Å². The van der Waals surface area contributed by atoms with Gasteiger partial charge in [-0.15, -0.1) is 0 Å². The molecular formula is C36H44Cl2N4O6S. The van der Waals surface area contributed by atoms with Crippen molar-refractivity contribution in [3.05, 3.63) is 97.1 Å². The second-order valence-electron chi connectivity index (χ2n) is 11.5. The van der Waals surface area contributed by atoms with Crippen LogP contribution in [0.15, 0.2) is 65.5 Å². The first-order valence-corrected chi connectivity index (χ1v) is 18.1. The Bertz CT molecular complexity index is 1710. The number of alkyl carbamates (subject to hydrolysis) is 1. The number of ether oxygens (including phenoxy) is 2. The fourth-order valence-electron chi connectivity index (χ4n) is 5.51. The Labute approximate surface area is 300 Å². The zero-order valence-corrected chi connectivity index (χ0v) is 30.2. The molecule has 1 aromatic heterocycles. The van der Waals surface area contributed by atoms with Crippen molar-refractivity contribution in [2.24, 2.45) is 0 Å². The first-order valence-electron chi connectivity index (χ1n) is 16.5. The summed E-state index contributed by atoms with van der Waals surface area (Å²) in [7, 11) is 0. The van der Waals surface area contributed by atoms with Crippen molar-refractivity contribution in [1.29, 1.82) is 0 Å². The molecule has 2 amide bonds. The van der Waals surface area contributed by atoms with Gasteiger partial charge in [0.1, 0.15) is 17.9 Å². The second-order valence-corrected chi connectivity index (χ2v) is 13.3. The summed E-state index contributed by atoms with van der Waals surface area (Å²) in [5.41, 5.74) is 2.93. The number of hydrogen-bond acceptors (Lipinski definition) is 8. The third-order valence-electron chi connectivity index (χ3n) is 8.41. The predicted molar refractivity (Wildman–Crippen MR) is 196 cm³/mol. The number of aromatic amines is 1. The fraction of sp³-hybridized carbons (Fsp3) is 0.417. The number of carbonyl (C=O) groups is 2. The summed E-state index contributed by atoms with van der Waals surface area (Å²) < 4.78 is 12.1. The molecule has 0 radical (unpaired) electrons. The molecule has 0 bridgehead atoms. The third-order valence-corrected chi connectivity index (χ3v) is 10.2. The summed E-state index contributed by atoms with van der Waals surface area (Å²) in [6.07, 6.45) is 0.659. The van der Waals surface area contributed by atoms with Crippen molar-refractivity contribution in [3.63, 3.8) is 0 Å². The minimum absolute atomic E-state index is 0.0137. The summed E-state index contributed by atoms with van der Waals surface area (Å²) in [6, 6.07) is 18.3. The number of aromatic hydroxyl groups is 1. The van der Waals surface area contributed by atoms with Gasteiger partial charge in [0.15, 0.2) is 0 Å². The van der Waals surface area contributed by atoms with Gasteiger partial charge in [0, 0.05) is 32.1 Å². The van der Waals surface area contributed by atoms with Gasteiger partial charge in [-0.25, -0.2) is 4.79 Å². The van der Waals surface area contributed by atoms with E-state index in [1.54, 1.807) is 12.1 Å². The third kappa shape index (κ3) is 11.5. The largest absolute Gasteiger partial charge is 0.506 e. The maximum atomic E-state index is 13.6. The number of halogens is 2. The molecule has 1 atom stereocenters. The molecule has 1 heterocycles. The normalized spacial score (nSPS) is 11.9. The smallest absolute Gasteiger partial charge is 0.407 e. The van der Waals surface area contributed by atoms with Crippen LogP contribution < -0.4 is 10.2 Å². The minimum atomic E-state index is -0.572. The number of fused-ring (bicyclic) bond motifs is 1. The van der Waals surface area contributed by atoms with Crippen molar-refractivity contribution in [3.8, 4) is 5.75 Å². The highest BCUT2D eigenvalue weighted by Crippen LogP contribution is 2.34. The molecule has 3 aromatic carbocycles. The van der Waals surface area contributed by atoms with Gasteiger partial charge in [-0.3, -0.25) is 9.59 Å². The van der Waals surface area contributed by atoms with E-state index in [4.69, 9.17) is 32.7 Å². The van der Waals surface area contributed by atoms with E-state index in [1.807, 2.05) is 47.4 Å². The Morgan fingerprint density at radius 1 is 0.980 bits per heavy atom. The number of hydrogen-bond donors (Lipinski definition) is 3. The van der Waals surface area contributed by atoms with Crippen LogP contribution in [0.2, 0.25) is 10.0 Å². The molecule has 0 aliphatic rings. The highest BCUT2D eigenvalue weighted by molar-refractivity contribution is 7.16. The number of phenolic OH excluding ortho intramolecular Hbond substituents is 1. The zero-order valence-electron chi connectivity index (χ0n) is 27.9. The van der Waals surface area contributed by atoms with Crippen molar-refractivity contribution < 1.29 is 24.2 Å². The van der Waals surface area contributed by atoms with Crippen LogP contribution in [0.25, 0.3) is 10.2 Å². The van der Waals surface area contributed by atoms with E-state index in [-0.39, 0.29) is 42.1 Å². The van der Waals surface area contributed by atoms with Gasteiger partial charge in [-0.1, -0.05) is 96.9 Å². The van der Waals surface area contributed by atoms with Crippen LogP contribution in [0.3, 0.4) is 0 Å². The van der Waals surface area contributed by atoms with Crippen LogP contribution in [-0.2, 0) is 27.2 Å². The van der Waals surface area contributed by atoms with Crippen LogP contribution in [0, 0.1) is 0 Å². The zero-order chi connectivity index (χ0) is 35.2. The Morgan fingerprint density at radius 2 is 1.76 bits per heavy atom. The Morgan fingerprint density at radius 3 is 2.51 bits per heavy atom. The lowest BCUT2D eigenvalue weighted by atomic mass is 9.95. The Hall–Kier alpha value is -3.61. The maximum Gasteiger partial charge on any atom is 0.407 e. The standard InChI is InChI=1S/C36H44Cl2N4O6S/c1-3-41(4-2)19-20-42(31(44)17-22-47-21-16-26-11-8-12-29(37)32(26)38)18-15-27(24-48-35(45)39-23-25-9-6-5-7-10-25)28-13-14-30(43)33-34(28)49-36(46)40-33/h5-14,27,43H,3-4,15-24H2,1-2H3,(H,39,45)(H,40,46). The molecule has 0 fully saturated rings. The molecular weight excluding hydrogens is 687 g/mol. The number of phenols is 1. The monoisotopic (exact) mass is 730 g/mol. The van der Waals surface area contributed by atoms with Gasteiger partial charge < -0.3 is 34.7 Å². The van der Waals surface area contributed by atoms with Crippen LogP contribution in [0.1, 0.15) is 49.3 Å². The predicted octanol–water partition coefficient (Wildman–Crippen LogP) is 6.82. The highest BCUT2D eigenvalue weighted by Gasteiger charge is 2.23. The average Bonchev–Trinajstić information content (AvgIpc) is 3.51. The van der Waals surface area contributed by atoms with Crippen LogP contribution in [-0.4, -0.2) is 84.4 Å². The molecule has 0 saturated heterocycles. The molecule has 264 valence electrons. The maximum absolute atomic E-state index is 13.6. The number of benzene rings is 3. The topological polar surface area (TPSA) is 124 Å². The quantitative estimate of drug-likeness (QED) is 0.0905. The molecule has 1 unspecified atom stereocenters. The van der Waals surface area contributed by atoms with E-state index in [2.05, 4.69) is 29.0 Å². The Balaban J connectivity index is 1.43. The Kier molecular flexibility index (Phi) is 15.2. The number of nitrogens with zero attached hydrogens (tertiary/aromatic N) is 2. The molecule has 0 aliphatic carbocycles.